The molecular formula is C17H26O4. The Morgan fingerprint density at radius 1 is 1.48 bits per heavy atom. The van der Waals surface area contributed by atoms with Crippen molar-refractivity contribution < 1.29 is 19.1 Å². The standard InChI is InChI=1S/C17H26O4/c1-5-17(3,4)16(19)20-9(2)6-10-11-7-13(18)12-8-14(10)21-15(11)12/h9-12,14-15H,5-8H2,1-4H3. The number of rotatable bonds is 5. The lowest BCUT2D eigenvalue weighted by atomic mass is 9.77. The molecule has 0 radical (unpaired) electrons. The Morgan fingerprint density at radius 2 is 2.19 bits per heavy atom. The summed E-state index contributed by atoms with van der Waals surface area (Å²) in [5, 5.41) is 0. The molecule has 2 heterocycles. The van der Waals surface area contributed by atoms with Crippen molar-refractivity contribution in [2.45, 2.75) is 71.7 Å². The van der Waals surface area contributed by atoms with Crippen LogP contribution in [0.3, 0.4) is 0 Å². The van der Waals surface area contributed by atoms with E-state index in [1.165, 1.54) is 0 Å². The highest BCUT2D eigenvalue weighted by molar-refractivity contribution is 5.85. The van der Waals surface area contributed by atoms with Gasteiger partial charge in [-0.1, -0.05) is 6.92 Å². The van der Waals surface area contributed by atoms with Crippen molar-refractivity contribution in [3.8, 4) is 0 Å². The molecule has 21 heavy (non-hydrogen) atoms. The topological polar surface area (TPSA) is 52.6 Å². The van der Waals surface area contributed by atoms with Gasteiger partial charge in [0.25, 0.3) is 0 Å². The Labute approximate surface area is 126 Å². The van der Waals surface area contributed by atoms with E-state index in [-0.39, 0.29) is 30.2 Å². The van der Waals surface area contributed by atoms with E-state index in [0.717, 1.165) is 19.3 Å². The van der Waals surface area contributed by atoms with Crippen molar-refractivity contribution in [2.24, 2.45) is 23.2 Å². The molecule has 2 bridgehead atoms. The summed E-state index contributed by atoms with van der Waals surface area (Å²) >= 11 is 0. The van der Waals surface area contributed by atoms with Crippen LogP contribution >= 0.6 is 0 Å². The molecular weight excluding hydrogens is 268 g/mol. The predicted octanol–water partition coefficient (Wildman–Crippen LogP) is 2.74. The van der Waals surface area contributed by atoms with Crippen LogP contribution < -0.4 is 0 Å². The van der Waals surface area contributed by atoms with E-state index in [1.54, 1.807) is 0 Å². The zero-order valence-electron chi connectivity index (χ0n) is 13.4. The summed E-state index contributed by atoms with van der Waals surface area (Å²) < 4.78 is 11.6. The van der Waals surface area contributed by atoms with E-state index in [9.17, 15) is 9.59 Å². The number of fused-ring (bicyclic) bond motifs is 1. The SMILES string of the molecule is CCC(C)(C)C(=O)OC(C)CC1C2CC3C(=O)CC1C3O2. The molecule has 1 saturated carbocycles. The number of esters is 1. The van der Waals surface area contributed by atoms with Crippen molar-refractivity contribution in [1.82, 2.24) is 0 Å². The van der Waals surface area contributed by atoms with E-state index in [2.05, 4.69) is 0 Å². The molecule has 0 spiro atoms. The average Bonchev–Trinajstić information content (AvgIpc) is 3.03. The Bertz CT molecular complexity index is 456. The monoisotopic (exact) mass is 294 g/mol. The Hall–Kier alpha value is -0.900. The number of hydrogen-bond donors (Lipinski definition) is 0. The largest absolute Gasteiger partial charge is 0.462 e. The fraction of sp³-hybridized carbons (Fsp3) is 0.882. The molecule has 0 aromatic heterocycles. The first kappa shape index (κ1) is 15.0. The number of carbonyl (C=O) groups excluding carboxylic acids is 2. The summed E-state index contributed by atoms with van der Waals surface area (Å²) in [6, 6.07) is 0. The van der Waals surface area contributed by atoms with Gasteiger partial charge in [-0.3, -0.25) is 9.59 Å². The van der Waals surface area contributed by atoms with Gasteiger partial charge in [0.1, 0.15) is 5.78 Å². The second kappa shape index (κ2) is 5.08. The van der Waals surface area contributed by atoms with Gasteiger partial charge in [0, 0.05) is 12.3 Å². The number of hydrogen-bond acceptors (Lipinski definition) is 4. The fourth-order valence-corrected chi connectivity index (χ4v) is 4.14. The molecule has 3 fully saturated rings. The molecule has 2 aliphatic heterocycles. The molecule has 0 N–H and O–H groups in total. The lowest BCUT2D eigenvalue weighted by Crippen LogP contribution is -2.33. The quantitative estimate of drug-likeness (QED) is 0.732. The van der Waals surface area contributed by atoms with Gasteiger partial charge in [-0.05, 0) is 51.9 Å². The van der Waals surface area contributed by atoms with Gasteiger partial charge in [0.05, 0.1) is 23.7 Å². The molecule has 0 aromatic rings. The van der Waals surface area contributed by atoms with E-state index < -0.39 is 5.41 Å². The van der Waals surface area contributed by atoms with Crippen molar-refractivity contribution in [3.63, 3.8) is 0 Å². The highest BCUT2D eigenvalue weighted by Crippen LogP contribution is 2.55. The first-order chi connectivity index (χ1) is 9.83. The van der Waals surface area contributed by atoms with Gasteiger partial charge < -0.3 is 9.47 Å². The number of ketones is 1. The smallest absolute Gasteiger partial charge is 0.311 e. The summed E-state index contributed by atoms with van der Waals surface area (Å²) in [4.78, 5) is 24.1. The fourth-order valence-electron chi connectivity index (χ4n) is 4.14. The van der Waals surface area contributed by atoms with Crippen LogP contribution in [-0.4, -0.2) is 30.1 Å². The van der Waals surface area contributed by atoms with Gasteiger partial charge in [-0.15, -0.1) is 0 Å². The lowest BCUT2D eigenvalue weighted by molar-refractivity contribution is -0.160. The third-order valence-corrected chi connectivity index (χ3v) is 5.86. The van der Waals surface area contributed by atoms with Crippen LogP contribution in [0.15, 0.2) is 0 Å². The minimum Gasteiger partial charge on any atom is -0.462 e. The zero-order chi connectivity index (χ0) is 15.4. The van der Waals surface area contributed by atoms with Crippen LogP contribution in [0.2, 0.25) is 0 Å². The summed E-state index contributed by atoms with van der Waals surface area (Å²) in [7, 11) is 0. The first-order valence-electron chi connectivity index (χ1n) is 8.22. The summed E-state index contributed by atoms with van der Waals surface area (Å²) in [5.41, 5.74) is -0.423. The molecule has 3 rings (SSSR count). The summed E-state index contributed by atoms with van der Waals surface area (Å²) in [6.07, 6.45) is 3.39. The molecule has 6 atom stereocenters. The third-order valence-electron chi connectivity index (χ3n) is 5.86. The summed E-state index contributed by atoms with van der Waals surface area (Å²) in [5.74, 6) is 1.16. The van der Waals surface area contributed by atoms with E-state index >= 15 is 0 Å². The van der Waals surface area contributed by atoms with Crippen molar-refractivity contribution in [1.29, 1.82) is 0 Å². The second-order valence-electron chi connectivity index (χ2n) is 7.67. The Kier molecular flexibility index (Phi) is 3.63. The maximum absolute atomic E-state index is 12.1. The third kappa shape index (κ3) is 2.41. The van der Waals surface area contributed by atoms with Crippen LogP contribution in [0.5, 0.6) is 0 Å². The number of carbonyl (C=O) groups is 2. The molecule has 6 unspecified atom stereocenters. The van der Waals surface area contributed by atoms with E-state index in [0.29, 0.717) is 24.0 Å². The van der Waals surface area contributed by atoms with Crippen LogP contribution in [0.1, 0.15) is 53.4 Å². The molecule has 118 valence electrons. The van der Waals surface area contributed by atoms with Crippen molar-refractivity contribution in [3.05, 3.63) is 0 Å². The molecule has 0 amide bonds. The maximum atomic E-state index is 12.1. The van der Waals surface area contributed by atoms with Crippen LogP contribution in [0.25, 0.3) is 0 Å². The van der Waals surface area contributed by atoms with Crippen LogP contribution in [-0.2, 0) is 19.1 Å². The number of ether oxygens (including phenoxy) is 2. The molecule has 3 aliphatic rings. The maximum Gasteiger partial charge on any atom is 0.311 e. The van der Waals surface area contributed by atoms with Gasteiger partial charge in [-0.2, -0.15) is 0 Å². The van der Waals surface area contributed by atoms with Crippen molar-refractivity contribution in [2.75, 3.05) is 0 Å². The number of Topliss-reactive ketones (excluding diaryl/α,β-unsaturated/α-hetero) is 1. The Morgan fingerprint density at radius 3 is 2.86 bits per heavy atom. The molecule has 1 aliphatic carbocycles. The molecule has 4 heteroatoms. The Balaban J connectivity index is 1.58. The minimum atomic E-state index is -0.423. The van der Waals surface area contributed by atoms with Gasteiger partial charge in [0.2, 0.25) is 0 Å². The zero-order valence-corrected chi connectivity index (χ0v) is 13.4. The van der Waals surface area contributed by atoms with Gasteiger partial charge >= 0.3 is 5.97 Å². The van der Waals surface area contributed by atoms with Crippen molar-refractivity contribution >= 4 is 11.8 Å². The molecule has 0 aromatic carbocycles. The van der Waals surface area contributed by atoms with Crippen LogP contribution in [0.4, 0.5) is 0 Å². The second-order valence-corrected chi connectivity index (χ2v) is 7.67. The molecule has 4 nitrogen and oxygen atoms in total. The van der Waals surface area contributed by atoms with Gasteiger partial charge in [-0.25, -0.2) is 0 Å². The van der Waals surface area contributed by atoms with E-state index in [4.69, 9.17) is 9.47 Å². The normalized spacial score (nSPS) is 38.9. The highest BCUT2D eigenvalue weighted by Gasteiger charge is 2.60. The molecule has 2 saturated heterocycles. The minimum absolute atomic E-state index is 0.106. The average molecular weight is 294 g/mol. The first-order valence-corrected chi connectivity index (χ1v) is 8.22. The van der Waals surface area contributed by atoms with Crippen LogP contribution in [0, 0.1) is 23.2 Å². The van der Waals surface area contributed by atoms with Gasteiger partial charge in [0.15, 0.2) is 0 Å². The summed E-state index contributed by atoms with van der Waals surface area (Å²) in [6.45, 7) is 7.80. The lowest BCUT2D eigenvalue weighted by Gasteiger charge is -2.28. The predicted molar refractivity (Wildman–Crippen MR) is 77.6 cm³/mol. The van der Waals surface area contributed by atoms with E-state index in [1.807, 2.05) is 27.7 Å². The highest BCUT2D eigenvalue weighted by atomic mass is 16.5.